The third kappa shape index (κ3) is 26.1. The summed E-state index contributed by atoms with van der Waals surface area (Å²) in [5.41, 5.74) is 5.91. The quantitative estimate of drug-likeness (QED) is 0.0691. The molecule has 1 aromatic carbocycles. The predicted molar refractivity (Wildman–Crippen MR) is 339 cm³/mol. The van der Waals surface area contributed by atoms with Gasteiger partial charge in [0.2, 0.25) is 76.8 Å². The number of aliphatic carboxylic acids is 2. The molecular weight excluding hydrogens is 1310 g/mol. The highest BCUT2D eigenvalue weighted by atomic mass is 33.1. The van der Waals surface area contributed by atoms with Crippen LogP contribution in [-0.2, 0) is 83.1 Å². The lowest BCUT2D eigenvalue weighted by Gasteiger charge is -2.29. The Morgan fingerprint density at radius 3 is 1.79 bits per heavy atom. The van der Waals surface area contributed by atoms with E-state index in [2.05, 4.69) is 69.1 Å². The van der Waals surface area contributed by atoms with Gasteiger partial charge in [-0.25, -0.2) is 4.79 Å². The molecule has 18 N–H and O–H groups in total. The summed E-state index contributed by atoms with van der Waals surface area (Å²) >= 11 is 0.885. The molecule has 508 valence electrons. The number of nitrogens with two attached hydrogens (primary N) is 1. The van der Waals surface area contributed by atoms with E-state index in [1.807, 2.05) is 0 Å². The molecule has 0 spiro atoms. The molecule has 33 nitrogen and oxygen atoms in total. The number of thioether (sulfide) groups is 1. The monoisotopic (exact) mass is 1390 g/mol. The summed E-state index contributed by atoms with van der Waals surface area (Å²) in [5, 5.41) is 60.2. The van der Waals surface area contributed by atoms with E-state index in [0.29, 0.717) is 27.2 Å². The Morgan fingerprint density at radius 2 is 1.17 bits per heavy atom. The van der Waals surface area contributed by atoms with Crippen molar-refractivity contribution in [3.63, 3.8) is 0 Å². The molecule has 4 rings (SSSR count). The Hall–Kier alpha value is -7.71. The smallest absolute Gasteiger partial charge is 0.327 e. The number of fused-ring (bicyclic) bond motifs is 19. The number of benzene rings is 1. The van der Waals surface area contributed by atoms with Crippen molar-refractivity contribution < 1.29 is 92.0 Å². The molecule has 4 bridgehead atoms. The van der Waals surface area contributed by atoms with Crippen molar-refractivity contribution in [2.45, 2.75) is 152 Å². The number of amides is 14. The number of carbonyl (C=O) groups excluding carboxylic acids is 14. The van der Waals surface area contributed by atoms with Crippen LogP contribution in [0.2, 0.25) is 0 Å². The third-order valence-corrected chi connectivity index (χ3v) is 19.7. The van der Waals surface area contributed by atoms with Crippen LogP contribution in [0.1, 0.15) is 79.2 Å². The van der Waals surface area contributed by atoms with Crippen LogP contribution in [0.3, 0.4) is 0 Å². The summed E-state index contributed by atoms with van der Waals surface area (Å²) in [6.07, 6.45) is -3.16. The van der Waals surface area contributed by atoms with E-state index < -0.39 is 221 Å². The number of carboxylic acids is 2. The Balaban J connectivity index is 2.09. The summed E-state index contributed by atoms with van der Waals surface area (Å²) < 4.78 is 0. The average Bonchev–Trinajstić information content (AvgIpc) is 1.08. The highest BCUT2D eigenvalue weighted by Crippen LogP contribution is 2.29. The van der Waals surface area contributed by atoms with E-state index in [1.54, 1.807) is 13.8 Å². The maximum Gasteiger partial charge on any atom is 0.327 e. The van der Waals surface area contributed by atoms with E-state index in [9.17, 15) is 92.0 Å². The van der Waals surface area contributed by atoms with Crippen molar-refractivity contribution >= 4 is 150 Å². The first-order valence-corrected chi connectivity index (χ1v) is 34.8. The number of phenols is 1. The molecule has 3 aliphatic heterocycles. The van der Waals surface area contributed by atoms with Crippen LogP contribution in [0.5, 0.6) is 5.75 Å². The van der Waals surface area contributed by atoms with Gasteiger partial charge in [-0.05, 0) is 61.5 Å². The molecule has 3 fully saturated rings. The molecule has 3 saturated heterocycles. The fraction of sp³-hybridized carbons (Fsp3) is 0.593. The van der Waals surface area contributed by atoms with Gasteiger partial charge in [-0.3, -0.25) is 71.9 Å². The van der Waals surface area contributed by atoms with Crippen molar-refractivity contribution in [1.29, 1.82) is 0 Å². The highest BCUT2D eigenvalue weighted by molar-refractivity contribution is 8.77. The fourth-order valence-electron chi connectivity index (χ4n) is 8.74. The minimum Gasteiger partial charge on any atom is -0.508 e. The minimum absolute atomic E-state index is 0.165. The number of hydrogen-bond acceptors (Lipinski definition) is 22. The van der Waals surface area contributed by atoms with Crippen molar-refractivity contribution in [3.05, 3.63) is 29.8 Å². The molecule has 38 heteroatoms. The fourth-order valence-corrected chi connectivity index (χ4v) is 14.5. The second-order valence-corrected chi connectivity index (χ2v) is 28.3. The first kappa shape index (κ1) is 76.7. The number of carboxylic acid groups (broad SMARTS) is 2. The number of rotatable bonds is 12. The summed E-state index contributed by atoms with van der Waals surface area (Å²) in [6.45, 7) is 7.72. The Kier molecular flexibility index (Phi) is 31.5. The zero-order valence-electron chi connectivity index (χ0n) is 50.9. The van der Waals surface area contributed by atoms with Crippen LogP contribution >= 0.6 is 54.9 Å². The van der Waals surface area contributed by atoms with Crippen LogP contribution in [-0.4, -0.2) is 217 Å². The summed E-state index contributed by atoms with van der Waals surface area (Å²) in [7, 11) is 2.73. The number of hydrogen-bond donors (Lipinski definition) is 17. The standard InChI is InChI=1S/C54H78N14O19S5/c1-23(2)15-31-47(80)68-53-52(85)66-36-21-90-89-20-35(58-26(6)69)49(82)61-30(45(78)60-29(44(77)62-31)11-12-40(73)74)13-14-88-19-34(65-42(75)25(5)57-51(84)41(24(3)4)67-46(79)33(17-38(55)71)64-50(36)83)48(81)63-32(16-27-7-9-28(70)10-8-27)43(76)56-18-39(72)59-37(54(86)87)22-91-92-53/h7-10,23-25,29-37,41,53,70H,11-22H2,1-6H3,(H2,55,71)(H,56,76)(H,57,84)(H,58,69)(H,59,72)(H,60,78)(H,61,82)(H,62,77)(H,63,81)(H,64,83)(H,65,75)(H,66,85)(H,67,79)(H,68,80)(H,73,74)(H,86,87)/t25-,29-,30-,31-,32-,33-,34-,35-,36-,37-,41-,53?/m0/s1. The zero-order valence-corrected chi connectivity index (χ0v) is 55.0. The van der Waals surface area contributed by atoms with Gasteiger partial charge in [-0.1, -0.05) is 83.0 Å². The molecule has 92 heavy (non-hydrogen) atoms. The van der Waals surface area contributed by atoms with E-state index in [4.69, 9.17) is 5.73 Å². The second-order valence-electron chi connectivity index (χ2n) is 22.1. The summed E-state index contributed by atoms with van der Waals surface area (Å²) in [4.78, 5) is 222. The van der Waals surface area contributed by atoms with Crippen molar-refractivity contribution in [3.8, 4) is 5.75 Å². The van der Waals surface area contributed by atoms with Crippen LogP contribution in [0.25, 0.3) is 0 Å². The maximum atomic E-state index is 14.8. The van der Waals surface area contributed by atoms with Crippen molar-refractivity contribution in [2.24, 2.45) is 17.6 Å². The molecule has 1 unspecified atom stereocenters. The van der Waals surface area contributed by atoms with Crippen LogP contribution < -0.4 is 74.9 Å². The lowest BCUT2D eigenvalue weighted by atomic mass is 10.0. The third-order valence-electron chi connectivity index (χ3n) is 13.6. The largest absolute Gasteiger partial charge is 0.508 e. The molecule has 0 aromatic heterocycles. The van der Waals surface area contributed by atoms with Crippen molar-refractivity contribution in [2.75, 3.05) is 35.3 Å². The Morgan fingerprint density at radius 1 is 0.598 bits per heavy atom. The molecule has 0 saturated carbocycles. The number of phenolic OH excluding ortho intramolecular Hbond substituents is 1. The van der Waals surface area contributed by atoms with E-state index in [-0.39, 0.29) is 36.5 Å². The van der Waals surface area contributed by atoms with Crippen LogP contribution in [0.4, 0.5) is 0 Å². The zero-order chi connectivity index (χ0) is 68.5. The number of primary amides is 1. The van der Waals surface area contributed by atoms with Gasteiger partial charge in [0.25, 0.3) is 5.91 Å². The molecule has 0 radical (unpaired) electrons. The first-order chi connectivity index (χ1) is 43.3. The van der Waals surface area contributed by atoms with E-state index in [1.165, 1.54) is 45.0 Å². The number of aromatic hydroxyl groups is 1. The van der Waals surface area contributed by atoms with Gasteiger partial charge in [0.1, 0.15) is 72.2 Å². The van der Waals surface area contributed by atoms with Gasteiger partial charge in [0.05, 0.1) is 13.0 Å². The highest BCUT2D eigenvalue weighted by Gasteiger charge is 2.39. The summed E-state index contributed by atoms with van der Waals surface area (Å²) in [6, 6.07) is -13.0. The molecule has 3 heterocycles. The Bertz CT molecular complexity index is 2910. The molecule has 12 atom stereocenters. The molecule has 3 aliphatic rings. The van der Waals surface area contributed by atoms with Crippen molar-refractivity contribution in [1.82, 2.24) is 69.1 Å². The van der Waals surface area contributed by atoms with E-state index >= 15 is 0 Å². The van der Waals surface area contributed by atoms with Gasteiger partial charge in [-0.2, -0.15) is 11.8 Å². The normalized spacial score (nSPS) is 27.5. The number of nitrogens with one attached hydrogen (secondary N) is 13. The lowest BCUT2D eigenvalue weighted by molar-refractivity contribution is -0.141. The van der Waals surface area contributed by atoms with Gasteiger partial charge in [0, 0.05) is 42.8 Å². The SMILES string of the molecule is CC(=O)N[C@H]1CSSC[C@@H]2NC(=O)C3NC(=O)[C@H](CC(C)C)NC(=O)[C@H](CCC(=O)O)NC(=O)[C@H](CCSC[C@H](NC(=O)[C@H](C)NC(=O)[C@H](C(C)C)NC(=O)[C@H](CC(N)=O)NC2=O)C(=O)N[C@@H](Cc2ccc(O)cc2)C(=O)NCC(=O)N[C@H](C(=O)O)CSS3)NC1=O. The topological polar surface area (TPSA) is 516 Å². The van der Waals surface area contributed by atoms with Crippen LogP contribution in [0, 0.1) is 11.8 Å². The number of carbonyl (C=O) groups is 16. The van der Waals surface area contributed by atoms with Gasteiger partial charge < -0.3 is 90.2 Å². The molecule has 14 amide bonds. The summed E-state index contributed by atoms with van der Waals surface area (Å²) in [5.74, 6) is -21.4. The van der Waals surface area contributed by atoms with Gasteiger partial charge in [0.15, 0.2) is 5.37 Å². The molecule has 1 aromatic rings. The molecule has 0 aliphatic carbocycles. The second kappa shape index (κ2) is 37.7. The maximum absolute atomic E-state index is 14.8. The minimum atomic E-state index is -1.90. The lowest BCUT2D eigenvalue weighted by Crippen LogP contribution is -2.61. The van der Waals surface area contributed by atoms with E-state index in [0.717, 1.165) is 40.3 Å². The van der Waals surface area contributed by atoms with Crippen LogP contribution in [0.15, 0.2) is 24.3 Å². The molecular formula is C54H78N14O19S5. The average molecular weight is 1390 g/mol. The first-order valence-electron chi connectivity index (χ1n) is 28.8. The Labute approximate surface area is 548 Å². The van der Waals surface area contributed by atoms with Gasteiger partial charge in [-0.15, -0.1) is 0 Å². The van der Waals surface area contributed by atoms with Gasteiger partial charge >= 0.3 is 11.9 Å². The predicted octanol–water partition coefficient (Wildman–Crippen LogP) is -4.68.